The Kier molecular flexibility index (Phi) is 4.74. The molecule has 0 spiro atoms. The fourth-order valence-corrected chi connectivity index (χ4v) is 3.87. The molecular formula is C20H26N2O2. The number of anilines is 1. The van der Waals surface area contributed by atoms with Crippen LogP contribution >= 0.6 is 0 Å². The van der Waals surface area contributed by atoms with Gasteiger partial charge in [0.2, 0.25) is 5.91 Å². The molecule has 0 bridgehead atoms. The summed E-state index contributed by atoms with van der Waals surface area (Å²) in [6.45, 7) is 6.12. The molecule has 0 radical (unpaired) electrons. The molecule has 128 valence electrons. The normalized spacial score (nSPS) is 20.6. The van der Waals surface area contributed by atoms with E-state index in [1.807, 2.05) is 36.1 Å². The second kappa shape index (κ2) is 6.80. The van der Waals surface area contributed by atoms with Crippen LogP contribution in [0, 0.1) is 6.92 Å². The number of carbonyl (C=O) groups excluding carboxylic acids is 2. The summed E-state index contributed by atoms with van der Waals surface area (Å²) in [5.74, 6) is -0.0458. The number of fused-ring (bicyclic) bond motifs is 1. The van der Waals surface area contributed by atoms with E-state index in [4.69, 9.17) is 0 Å². The van der Waals surface area contributed by atoms with E-state index in [2.05, 4.69) is 19.2 Å². The molecule has 4 nitrogen and oxygen atoms in total. The van der Waals surface area contributed by atoms with Gasteiger partial charge >= 0.3 is 0 Å². The number of rotatable bonds is 4. The monoisotopic (exact) mass is 326 g/mol. The first-order valence-corrected chi connectivity index (χ1v) is 8.88. The highest BCUT2D eigenvalue weighted by Gasteiger charge is 2.41. The summed E-state index contributed by atoms with van der Waals surface area (Å²) in [6.07, 6.45) is 4.44. The van der Waals surface area contributed by atoms with E-state index in [0.29, 0.717) is 0 Å². The van der Waals surface area contributed by atoms with Gasteiger partial charge in [-0.3, -0.25) is 9.59 Å². The smallest absolute Gasteiger partial charge is 0.251 e. The van der Waals surface area contributed by atoms with Gasteiger partial charge in [0.15, 0.2) is 0 Å². The van der Waals surface area contributed by atoms with Crippen LogP contribution in [0.3, 0.4) is 0 Å². The van der Waals surface area contributed by atoms with Crippen molar-refractivity contribution >= 4 is 17.5 Å². The third-order valence-electron chi connectivity index (χ3n) is 5.02. The van der Waals surface area contributed by atoms with Crippen molar-refractivity contribution in [2.24, 2.45) is 0 Å². The van der Waals surface area contributed by atoms with Gasteiger partial charge in [-0.15, -0.1) is 0 Å². The molecule has 1 aliphatic heterocycles. The lowest BCUT2D eigenvalue weighted by atomic mass is 9.88. The summed E-state index contributed by atoms with van der Waals surface area (Å²) in [5, 5.41) is 2.91. The molecule has 1 heterocycles. The molecule has 1 unspecified atom stereocenters. The van der Waals surface area contributed by atoms with Crippen LogP contribution in [0.2, 0.25) is 0 Å². The van der Waals surface area contributed by atoms with Crippen molar-refractivity contribution in [1.29, 1.82) is 0 Å². The van der Waals surface area contributed by atoms with E-state index >= 15 is 0 Å². The molecule has 4 heteroatoms. The Morgan fingerprint density at radius 2 is 1.96 bits per heavy atom. The first-order valence-electron chi connectivity index (χ1n) is 8.88. The van der Waals surface area contributed by atoms with E-state index in [1.54, 1.807) is 0 Å². The van der Waals surface area contributed by atoms with Crippen LogP contribution in [-0.2, 0) is 9.59 Å². The molecule has 1 aromatic rings. The molecule has 2 amide bonds. The molecule has 24 heavy (non-hydrogen) atoms. The number of hydrogen-bond donors (Lipinski definition) is 1. The second-order valence-electron chi connectivity index (χ2n) is 7.16. The van der Waals surface area contributed by atoms with Gasteiger partial charge in [-0.05, 0) is 57.7 Å². The predicted octanol–water partition coefficient (Wildman–Crippen LogP) is 3.81. The fourth-order valence-electron chi connectivity index (χ4n) is 3.87. The van der Waals surface area contributed by atoms with Crippen LogP contribution in [-0.4, -0.2) is 28.8 Å². The van der Waals surface area contributed by atoms with Crippen molar-refractivity contribution < 1.29 is 9.59 Å². The largest absolute Gasteiger partial charge is 0.330 e. The number of nitrogens with one attached hydrogen (secondary N) is 1. The molecule has 1 aliphatic carbocycles. The number of hydrogen-bond acceptors (Lipinski definition) is 2. The lowest BCUT2D eigenvalue weighted by Crippen LogP contribution is -2.41. The summed E-state index contributed by atoms with van der Waals surface area (Å²) in [6, 6.07) is 8.12. The molecule has 0 saturated heterocycles. The summed E-state index contributed by atoms with van der Waals surface area (Å²) in [7, 11) is 0. The Morgan fingerprint density at radius 3 is 2.62 bits per heavy atom. The minimum atomic E-state index is -0.107. The zero-order valence-electron chi connectivity index (χ0n) is 14.8. The zero-order valence-corrected chi connectivity index (χ0v) is 14.8. The second-order valence-corrected chi connectivity index (χ2v) is 7.16. The van der Waals surface area contributed by atoms with Gasteiger partial charge in [0.1, 0.15) is 0 Å². The summed E-state index contributed by atoms with van der Waals surface area (Å²) >= 11 is 0. The van der Waals surface area contributed by atoms with Gasteiger partial charge in [-0.1, -0.05) is 24.1 Å². The average molecular weight is 326 g/mol. The lowest BCUT2D eigenvalue weighted by molar-refractivity contribution is -0.130. The minimum absolute atomic E-state index is 0.0611. The standard InChI is InChI=1S/C20H26N2O2/c1-13(2)22-18-7-5-4-6-16(18)17(20(22)24)12-19(23)21-15-10-8-14(3)9-11-15/h8-11,13,18H,4-7,12H2,1-3H3,(H,21,23). The van der Waals surface area contributed by atoms with E-state index in [-0.39, 0.29) is 30.3 Å². The topological polar surface area (TPSA) is 49.4 Å². The van der Waals surface area contributed by atoms with Crippen molar-refractivity contribution in [3.8, 4) is 0 Å². The number of amides is 2. The fraction of sp³-hybridized carbons (Fsp3) is 0.500. The Bertz CT molecular complexity index is 673. The SMILES string of the molecule is Cc1ccc(NC(=O)CC2=C3CCCCC3N(C(C)C)C2=O)cc1. The molecule has 3 rings (SSSR count). The molecular weight excluding hydrogens is 300 g/mol. The summed E-state index contributed by atoms with van der Waals surface area (Å²) in [4.78, 5) is 27.2. The van der Waals surface area contributed by atoms with E-state index < -0.39 is 0 Å². The van der Waals surface area contributed by atoms with Gasteiger partial charge in [0, 0.05) is 17.3 Å². The van der Waals surface area contributed by atoms with E-state index in [0.717, 1.165) is 42.5 Å². The van der Waals surface area contributed by atoms with Gasteiger partial charge in [-0.2, -0.15) is 0 Å². The van der Waals surface area contributed by atoms with E-state index in [9.17, 15) is 9.59 Å². The molecule has 1 saturated carbocycles. The number of nitrogens with zero attached hydrogens (tertiary/aromatic N) is 1. The Labute approximate surface area is 143 Å². The average Bonchev–Trinajstić information content (AvgIpc) is 2.82. The zero-order chi connectivity index (χ0) is 17.3. The van der Waals surface area contributed by atoms with Crippen molar-refractivity contribution in [2.75, 3.05) is 5.32 Å². The van der Waals surface area contributed by atoms with Crippen LogP contribution in [0.25, 0.3) is 0 Å². The van der Waals surface area contributed by atoms with Crippen LogP contribution in [0.4, 0.5) is 5.69 Å². The van der Waals surface area contributed by atoms with E-state index in [1.165, 1.54) is 5.57 Å². The van der Waals surface area contributed by atoms with Crippen LogP contribution in [0.5, 0.6) is 0 Å². The number of carbonyl (C=O) groups is 2. The van der Waals surface area contributed by atoms with Crippen LogP contribution in [0.15, 0.2) is 35.4 Å². The lowest BCUT2D eigenvalue weighted by Gasteiger charge is -2.33. The quantitative estimate of drug-likeness (QED) is 0.914. The number of benzene rings is 1. The van der Waals surface area contributed by atoms with Crippen molar-refractivity contribution in [1.82, 2.24) is 4.90 Å². The molecule has 1 fully saturated rings. The maximum atomic E-state index is 12.8. The third kappa shape index (κ3) is 3.23. The third-order valence-corrected chi connectivity index (χ3v) is 5.02. The highest BCUT2D eigenvalue weighted by molar-refractivity contribution is 6.05. The summed E-state index contributed by atoms with van der Waals surface area (Å²) in [5.41, 5.74) is 3.88. The van der Waals surface area contributed by atoms with Gasteiger partial charge in [-0.25, -0.2) is 0 Å². The molecule has 0 aromatic heterocycles. The molecule has 2 aliphatic rings. The van der Waals surface area contributed by atoms with Gasteiger partial charge in [0.25, 0.3) is 5.91 Å². The maximum absolute atomic E-state index is 12.8. The van der Waals surface area contributed by atoms with Crippen LogP contribution < -0.4 is 5.32 Å². The Morgan fingerprint density at radius 1 is 1.25 bits per heavy atom. The molecule has 1 aromatic carbocycles. The van der Waals surface area contributed by atoms with Gasteiger partial charge < -0.3 is 10.2 Å². The minimum Gasteiger partial charge on any atom is -0.330 e. The van der Waals surface area contributed by atoms with Gasteiger partial charge in [0.05, 0.1) is 12.5 Å². The van der Waals surface area contributed by atoms with Crippen molar-refractivity contribution in [3.05, 3.63) is 41.0 Å². The number of aryl methyl sites for hydroxylation is 1. The van der Waals surface area contributed by atoms with Crippen molar-refractivity contribution in [3.63, 3.8) is 0 Å². The van der Waals surface area contributed by atoms with Crippen molar-refractivity contribution in [2.45, 2.75) is 65.0 Å². The first-order chi connectivity index (χ1) is 11.5. The molecule has 1 atom stereocenters. The summed E-state index contributed by atoms with van der Waals surface area (Å²) < 4.78 is 0. The van der Waals surface area contributed by atoms with Crippen LogP contribution in [0.1, 0.15) is 51.5 Å². The first kappa shape index (κ1) is 16.7. The highest BCUT2D eigenvalue weighted by Crippen LogP contribution is 2.39. The Hall–Kier alpha value is -2.10. The highest BCUT2D eigenvalue weighted by atomic mass is 16.2. The molecule has 1 N–H and O–H groups in total. The Balaban J connectivity index is 1.76. The maximum Gasteiger partial charge on any atom is 0.251 e. The predicted molar refractivity (Wildman–Crippen MR) is 95.7 cm³/mol.